The van der Waals surface area contributed by atoms with E-state index in [0.29, 0.717) is 5.25 Å². The molecule has 1 unspecified atom stereocenters. The summed E-state index contributed by atoms with van der Waals surface area (Å²) in [7, 11) is 0. The van der Waals surface area contributed by atoms with E-state index in [9.17, 15) is 4.79 Å². The monoisotopic (exact) mass is 254 g/mol. The third-order valence-electron chi connectivity index (χ3n) is 3.09. The van der Waals surface area contributed by atoms with Gasteiger partial charge in [0.2, 0.25) is 0 Å². The van der Waals surface area contributed by atoms with Crippen molar-refractivity contribution < 1.29 is 0 Å². The summed E-state index contributed by atoms with van der Waals surface area (Å²) in [5, 5.41) is 0.414. The first kappa shape index (κ1) is 10.7. The lowest BCUT2D eigenvalue weighted by molar-refractivity contribution is 0.657. The topological polar surface area (TPSA) is 45.8 Å². The van der Waals surface area contributed by atoms with Crippen molar-refractivity contribution in [3.05, 3.63) is 27.4 Å². The van der Waals surface area contributed by atoms with E-state index >= 15 is 0 Å². The van der Waals surface area contributed by atoms with E-state index in [1.165, 1.54) is 18.6 Å². The Morgan fingerprint density at radius 2 is 2.25 bits per heavy atom. The minimum absolute atomic E-state index is 0.0937. The van der Waals surface area contributed by atoms with Crippen LogP contribution < -0.4 is 5.56 Å². The predicted octanol–water partition coefficient (Wildman–Crippen LogP) is 2.47. The second kappa shape index (κ2) is 4.45. The highest BCUT2D eigenvalue weighted by Crippen LogP contribution is 2.37. The number of rotatable bonds is 1. The Morgan fingerprint density at radius 1 is 1.31 bits per heavy atom. The van der Waals surface area contributed by atoms with Gasteiger partial charge in [-0.3, -0.25) is 4.79 Å². The predicted molar refractivity (Wildman–Crippen MR) is 68.9 cm³/mol. The summed E-state index contributed by atoms with van der Waals surface area (Å²) in [5.41, 5.74) is 2.01. The zero-order chi connectivity index (χ0) is 11.0. The lowest BCUT2D eigenvalue weighted by Crippen LogP contribution is -2.19. The van der Waals surface area contributed by atoms with Gasteiger partial charge >= 0.3 is 0 Å². The Bertz CT molecular complexity index is 452. The van der Waals surface area contributed by atoms with E-state index in [2.05, 4.69) is 9.97 Å². The summed E-state index contributed by atoms with van der Waals surface area (Å²) in [4.78, 5) is 19.5. The summed E-state index contributed by atoms with van der Waals surface area (Å²) < 4.78 is 0. The van der Waals surface area contributed by atoms with Crippen LogP contribution in [0.5, 0.6) is 0 Å². The number of thioether (sulfide) groups is 2. The number of hydrogen-bond acceptors (Lipinski definition) is 4. The van der Waals surface area contributed by atoms with Crippen LogP contribution in [0.3, 0.4) is 0 Å². The maximum atomic E-state index is 11.9. The van der Waals surface area contributed by atoms with Crippen LogP contribution in [0.25, 0.3) is 0 Å². The van der Waals surface area contributed by atoms with Gasteiger partial charge < -0.3 is 4.98 Å². The first-order chi connectivity index (χ1) is 7.84. The van der Waals surface area contributed by atoms with Crippen molar-refractivity contribution in [3.63, 3.8) is 0 Å². The van der Waals surface area contributed by atoms with Crippen LogP contribution in [0, 0.1) is 0 Å². The van der Waals surface area contributed by atoms with Crippen molar-refractivity contribution in [2.24, 2.45) is 0 Å². The third kappa shape index (κ3) is 1.91. The molecule has 5 heteroatoms. The summed E-state index contributed by atoms with van der Waals surface area (Å²) in [6, 6.07) is 0. The average Bonchev–Trinajstić information content (AvgIpc) is 2.79. The van der Waals surface area contributed by atoms with E-state index < -0.39 is 0 Å². The molecular weight excluding hydrogens is 240 g/mol. The fourth-order valence-electron chi connectivity index (χ4n) is 2.19. The number of nitrogens with zero attached hydrogens (tertiary/aromatic N) is 1. The first-order valence-corrected chi connectivity index (χ1v) is 7.86. The largest absolute Gasteiger partial charge is 0.309 e. The Labute approximate surface area is 103 Å². The van der Waals surface area contributed by atoms with Crippen molar-refractivity contribution >= 4 is 23.5 Å². The Balaban J connectivity index is 1.96. The second-order valence-electron chi connectivity index (χ2n) is 4.22. The molecule has 0 amide bonds. The van der Waals surface area contributed by atoms with Crippen LogP contribution in [0.4, 0.5) is 0 Å². The minimum Gasteiger partial charge on any atom is -0.309 e. The molecule has 0 radical (unpaired) electrons. The molecule has 1 N–H and O–H groups in total. The number of nitrogens with one attached hydrogen (secondary N) is 1. The summed E-state index contributed by atoms with van der Waals surface area (Å²) in [5.74, 6) is 3.84. The van der Waals surface area contributed by atoms with E-state index in [1.807, 2.05) is 11.8 Å². The maximum absolute atomic E-state index is 11.9. The zero-order valence-corrected chi connectivity index (χ0v) is 10.6. The maximum Gasteiger partial charge on any atom is 0.255 e. The van der Waals surface area contributed by atoms with Crippen LogP contribution in [0.15, 0.2) is 4.79 Å². The molecule has 3 nitrogen and oxygen atoms in total. The van der Waals surface area contributed by atoms with Crippen LogP contribution >= 0.6 is 23.5 Å². The molecule has 3 heterocycles. The van der Waals surface area contributed by atoms with Crippen molar-refractivity contribution in [2.75, 3.05) is 5.75 Å². The molecule has 0 saturated carbocycles. The molecule has 86 valence electrons. The van der Waals surface area contributed by atoms with E-state index in [-0.39, 0.29) is 5.56 Å². The average molecular weight is 254 g/mol. The molecule has 2 aliphatic rings. The molecule has 0 aliphatic carbocycles. The van der Waals surface area contributed by atoms with Crippen LogP contribution in [-0.2, 0) is 11.5 Å². The van der Waals surface area contributed by atoms with Crippen LogP contribution in [0.1, 0.15) is 41.6 Å². The number of hydrogen-bond donors (Lipinski definition) is 1. The van der Waals surface area contributed by atoms with Crippen LogP contribution in [-0.4, -0.2) is 15.7 Å². The molecule has 0 bridgehead atoms. The number of aromatic nitrogens is 2. The van der Waals surface area contributed by atoms with Gasteiger partial charge in [0, 0.05) is 17.1 Å². The number of fused-ring (bicyclic) bond motifs is 1. The second-order valence-corrected chi connectivity index (χ2v) is 6.52. The van der Waals surface area contributed by atoms with Gasteiger partial charge in [0.05, 0.1) is 10.9 Å². The Hall–Kier alpha value is -0.420. The van der Waals surface area contributed by atoms with Gasteiger partial charge in [0.15, 0.2) is 0 Å². The van der Waals surface area contributed by atoms with Crippen LogP contribution in [0.2, 0.25) is 0 Å². The fraction of sp³-hybridized carbons (Fsp3) is 0.636. The third-order valence-corrected chi connectivity index (χ3v) is 5.45. The van der Waals surface area contributed by atoms with Crippen molar-refractivity contribution in [3.8, 4) is 0 Å². The number of aromatic amines is 1. The van der Waals surface area contributed by atoms with Crippen molar-refractivity contribution in [1.82, 2.24) is 9.97 Å². The lowest BCUT2D eigenvalue weighted by atomic mass is 10.1. The fourth-order valence-corrected chi connectivity index (χ4v) is 4.48. The van der Waals surface area contributed by atoms with Gasteiger partial charge in [0.25, 0.3) is 5.56 Å². The number of H-pyrrole nitrogens is 1. The highest BCUT2D eigenvalue weighted by Gasteiger charge is 2.23. The summed E-state index contributed by atoms with van der Waals surface area (Å²) in [6.07, 6.45) is 3.71. The standard InChI is InChI=1S/C11H14N2OS2/c14-11-7-5-15-6-8(7)12-10(13-11)9-3-1-2-4-16-9/h9H,1-6H2,(H,12,13,14). The first-order valence-electron chi connectivity index (χ1n) is 5.66. The molecule has 16 heavy (non-hydrogen) atoms. The molecule has 1 aromatic rings. The molecule has 0 aromatic carbocycles. The SMILES string of the molecule is O=c1[nH]c(C2CCCCS2)nc2c1CSC2. The molecule has 2 aliphatic heterocycles. The van der Waals surface area contributed by atoms with Gasteiger partial charge in [-0.1, -0.05) is 6.42 Å². The minimum atomic E-state index is 0.0937. The normalized spacial score (nSPS) is 24.4. The quantitative estimate of drug-likeness (QED) is 0.836. The van der Waals surface area contributed by atoms with E-state index in [4.69, 9.17) is 0 Å². The molecule has 3 rings (SSSR count). The van der Waals surface area contributed by atoms with E-state index in [0.717, 1.165) is 35.0 Å². The summed E-state index contributed by atoms with van der Waals surface area (Å²) in [6.45, 7) is 0. The summed E-state index contributed by atoms with van der Waals surface area (Å²) >= 11 is 3.71. The molecule has 1 fully saturated rings. The van der Waals surface area contributed by atoms with Gasteiger partial charge in [-0.25, -0.2) is 4.98 Å². The molecular formula is C11H14N2OS2. The molecule has 1 aromatic heterocycles. The Morgan fingerprint density at radius 3 is 3.06 bits per heavy atom. The lowest BCUT2D eigenvalue weighted by Gasteiger charge is -2.20. The van der Waals surface area contributed by atoms with Gasteiger partial charge in [-0.05, 0) is 18.6 Å². The Kier molecular flexibility index (Phi) is 2.98. The van der Waals surface area contributed by atoms with Gasteiger partial charge in [-0.2, -0.15) is 23.5 Å². The van der Waals surface area contributed by atoms with Gasteiger partial charge in [-0.15, -0.1) is 0 Å². The van der Waals surface area contributed by atoms with Gasteiger partial charge in [0.1, 0.15) is 5.82 Å². The molecule has 0 spiro atoms. The highest BCUT2D eigenvalue weighted by molar-refractivity contribution is 7.99. The smallest absolute Gasteiger partial charge is 0.255 e. The zero-order valence-electron chi connectivity index (χ0n) is 8.99. The molecule has 1 saturated heterocycles. The van der Waals surface area contributed by atoms with Crippen molar-refractivity contribution in [2.45, 2.75) is 36.0 Å². The van der Waals surface area contributed by atoms with E-state index in [1.54, 1.807) is 11.8 Å². The van der Waals surface area contributed by atoms with Crippen molar-refractivity contribution in [1.29, 1.82) is 0 Å². The highest BCUT2D eigenvalue weighted by atomic mass is 32.2. The molecule has 1 atom stereocenters.